The van der Waals surface area contributed by atoms with Crippen LogP contribution >= 0.6 is 0 Å². The maximum absolute atomic E-state index is 13.9. The Labute approximate surface area is 118 Å². The number of hydrogen-bond donors (Lipinski definition) is 1. The smallest absolute Gasteiger partial charge is 0.341 e. The van der Waals surface area contributed by atoms with Gasteiger partial charge in [0.15, 0.2) is 23.3 Å². The highest BCUT2D eigenvalue weighted by atomic mass is 19.2. The van der Waals surface area contributed by atoms with Gasteiger partial charge in [-0.1, -0.05) is 0 Å². The quantitative estimate of drug-likeness (QED) is 0.526. The SMILES string of the molecule is O=C(O)c1cn([C@@H]2C[C@H]2F)c2c(F)c(F)c(F)c(F)c2c1=O. The van der Waals surface area contributed by atoms with Crippen LogP contribution in [0, 0.1) is 23.3 Å². The summed E-state index contributed by atoms with van der Waals surface area (Å²) in [5.41, 5.74) is -3.49. The van der Waals surface area contributed by atoms with Crippen LogP contribution in [0.2, 0.25) is 0 Å². The van der Waals surface area contributed by atoms with E-state index in [9.17, 15) is 31.5 Å². The average molecular weight is 319 g/mol. The normalized spacial score (nSPS) is 20.4. The van der Waals surface area contributed by atoms with E-state index in [1.165, 1.54) is 0 Å². The van der Waals surface area contributed by atoms with Crippen LogP contribution < -0.4 is 5.43 Å². The molecule has 2 atom stereocenters. The molecule has 0 aliphatic heterocycles. The number of alkyl halides is 1. The number of pyridine rings is 1. The highest BCUT2D eigenvalue weighted by Gasteiger charge is 2.41. The molecule has 0 unspecified atom stereocenters. The third kappa shape index (κ3) is 1.81. The summed E-state index contributed by atoms with van der Waals surface area (Å²) in [5.74, 6) is -10.0. The monoisotopic (exact) mass is 319 g/mol. The fraction of sp³-hybridized carbons (Fsp3) is 0.231. The van der Waals surface area contributed by atoms with E-state index in [0.29, 0.717) is 10.8 Å². The molecule has 0 bridgehead atoms. The van der Waals surface area contributed by atoms with Crippen molar-refractivity contribution in [3.05, 3.63) is 45.3 Å². The summed E-state index contributed by atoms with van der Waals surface area (Å²) in [6.45, 7) is 0. The summed E-state index contributed by atoms with van der Waals surface area (Å²) in [5, 5.41) is 7.66. The van der Waals surface area contributed by atoms with Gasteiger partial charge in [-0.15, -0.1) is 0 Å². The van der Waals surface area contributed by atoms with E-state index in [0.717, 1.165) is 0 Å². The van der Waals surface area contributed by atoms with E-state index < -0.39 is 63.3 Å². The van der Waals surface area contributed by atoms with Gasteiger partial charge in [0.05, 0.1) is 16.9 Å². The predicted molar refractivity (Wildman–Crippen MR) is 63.5 cm³/mol. The van der Waals surface area contributed by atoms with E-state index in [1.54, 1.807) is 0 Å². The predicted octanol–water partition coefficient (Wildman–Crippen LogP) is 2.54. The molecule has 2 aromatic rings. The van der Waals surface area contributed by atoms with Crippen molar-refractivity contribution in [1.29, 1.82) is 0 Å². The Morgan fingerprint density at radius 1 is 1.14 bits per heavy atom. The minimum absolute atomic E-state index is 0.142. The minimum Gasteiger partial charge on any atom is -0.477 e. The van der Waals surface area contributed by atoms with Crippen molar-refractivity contribution in [2.24, 2.45) is 0 Å². The fourth-order valence-electron chi connectivity index (χ4n) is 2.32. The maximum atomic E-state index is 13.9. The standard InChI is InChI=1S/C13H6F5NO3/c14-4-1-5(4)19-2-3(13(21)22)12(20)6-7(15)8(16)9(17)10(18)11(6)19/h2,4-5H,1H2,(H,21,22)/t4-,5-/m1/s1. The summed E-state index contributed by atoms with van der Waals surface area (Å²) in [4.78, 5) is 22.9. The number of nitrogens with zero attached hydrogens (tertiary/aromatic N) is 1. The number of halogens is 5. The van der Waals surface area contributed by atoms with Crippen molar-refractivity contribution in [2.75, 3.05) is 0 Å². The van der Waals surface area contributed by atoms with Gasteiger partial charge in [0.1, 0.15) is 11.7 Å². The zero-order chi connectivity index (χ0) is 16.3. The molecule has 1 aliphatic carbocycles. The Hall–Kier alpha value is -2.45. The molecular formula is C13H6F5NO3. The van der Waals surface area contributed by atoms with Crippen molar-refractivity contribution in [3.8, 4) is 0 Å². The molecule has 1 N–H and O–H groups in total. The average Bonchev–Trinajstić information content (AvgIpc) is 3.18. The van der Waals surface area contributed by atoms with Crippen LogP contribution in [0.15, 0.2) is 11.0 Å². The molecule has 0 saturated heterocycles. The van der Waals surface area contributed by atoms with Gasteiger partial charge in [-0.25, -0.2) is 26.7 Å². The Bertz CT molecular complexity index is 892. The molecule has 1 fully saturated rings. The van der Waals surface area contributed by atoms with Crippen LogP contribution in [-0.4, -0.2) is 21.8 Å². The van der Waals surface area contributed by atoms with Gasteiger partial charge in [-0.2, -0.15) is 0 Å². The summed E-state index contributed by atoms with van der Waals surface area (Å²) >= 11 is 0. The zero-order valence-electron chi connectivity index (χ0n) is 10.5. The first-order valence-electron chi connectivity index (χ1n) is 6.03. The number of carbonyl (C=O) groups is 1. The lowest BCUT2D eigenvalue weighted by Gasteiger charge is -2.13. The van der Waals surface area contributed by atoms with Crippen molar-refractivity contribution in [2.45, 2.75) is 18.6 Å². The Balaban J connectivity index is 2.56. The molecule has 1 aliphatic rings. The molecule has 1 saturated carbocycles. The molecule has 116 valence electrons. The van der Waals surface area contributed by atoms with Crippen LogP contribution in [0.5, 0.6) is 0 Å². The number of rotatable bonds is 2. The van der Waals surface area contributed by atoms with Gasteiger partial charge in [0.25, 0.3) is 0 Å². The molecular weight excluding hydrogens is 313 g/mol. The van der Waals surface area contributed by atoms with Crippen LogP contribution in [0.25, 0.3) is 10.9 Å². The molecule has 1 aromatic heterocycles. The minimum atomic E-state index is -2.23. The summed E-state index contributed by atoms with van der Waals surface area (Å²) in [6, 6.07) is -1.07. The number of carboxylic acids is 1. The maximum Gasteiger partial charge on any atom is 0.341 e. The second kappa shape index (κ2) is 4.52. The number of benzene rings is 1. The molecule has 0 amide bonds. The highest BCUT2D eigenvalue weighted by Crippen LogP contribution is 2.41. The van der Waals surface area contributed by atoms with E-state index in [4.69, 9.17) is 5.11 Å². The first-order valence-corrected chi connectivity index (χ1v) is 6.03. The van der Waals surface area contributed by atoms with E-state index >= 15 is 0 Å². The van der Waals surface area contributed by atoms with E-state index in [-0.39, 0.29) is 6.42 Å². The Kier molecular flexibility index (Phi) is 2.98. The topological polar surface area (TPSA) is 59.3 Å². The lowest BCUT2D eigenvalue weighted by atomic mass is 10.1. The first kappa shape index (κ1) is 14.5. The van der Waals surface area contributed by atoms with Crippen molar-refractivity contribution < 1.29 is 31.9 Å². The highest BCUT2D eigenvalue weighted by molar-refractivity contribution is 5.93. The fourth-order valence-corrected chi connectivity index (χ4v) is 2.32. The third-order valence-corrected chi connectivity index (χ3v) is 3.51. The van der Waals surface area contributed by atoms with Crippen LogP contribution in [0.3, 0.4) is 0 Å². The number of aromatic carboxylic acids is 1. The largest absolute Gasteiger partial charge is 0.477 e. The van der Waals surface area contributed by atoms with Gasteiger partial charge >= 0.3 is 5.97 Å². The molecule has 0 spiro atoms. The molecule has 1 heterocycles. The lowest BCUT2D eigenvalue weighted by Crippen LogP contribution is -2.22. The van der Waals surface area contributed by atoms with Crippen molar-refractivity contribution >= 4 is 16.9 Å². The van der Waals surface area contributed by atoms with Gasteiger partial charge in [0.2, 0.25) is 5.43 Å². The Morgan fingerprint density at radius 3 is 2.18 bits per heavy atom. The van der Waals surface area contributed by atoms with E-state index in [2.05, 4.69) is 0 Å². The van der Waals surface area contributed by atoms with Crippen molar-refractivity contribution in [3.63, 3.8) is 0 Å². The van der Waals surface area contributed by atoms with Gasteiger partial charge in [-0.3, -0.25) is 4.79 Å². The Morgan fingerprint density at radius 2 is 1.68 bits per heavy atom. The zero-order valence-corrected chi connectivity index (χ0v) is 10.5. The number of hydrogen-bond acceptors (Lipinski definition) is 2. The third-order valence-electron chi connectivity index (χ3n) is 3.51. The number of fused-ring (bicyclic) bond motifs is 1. The molecule has 3 rings (SSSR count). The van der Waals surface area contributed by atoms with Crippen LogP contribution in [0.1, 0.15) is 22.8 Å². The lowest BCUT2D eigenvalue weighted by molar-refractivity contribution is 0.0694. The number of carboxylic acid groups (broad SMARTS) is 1. The molecule has 4 nitrogen and oxygen atoms in total. The second-order valence-electron chi connectivity index (χ2n) is 4.88. The molecule has 1 aromatic carbocycles. The van der Waals surface area contributed by atoms with Gasteiger partial charge < -0.3 is 9.67 Å². The van der Waals surface area contributed by atoms with Crippen LogP contribution in [-0.2, 0) is 0 Å². The number of aromatic nitrogens is 1. The first-order chi connectivity index (χ1) is 10.3. The van der Waals surface area contributed by atoms with Gasteiger partial charge in [0, 0.05) is 12.6 Å². The summed E-state index contributed by atoms with van der Waals surface area (Å²) < 4.78 is 68.2. The second-order valence-corrected chi connectivity index (χ2v) is 4.88. The summed E-state index contributed by atoms with van der Waals surface area (Å²) in [7, 11) is 0. The molecule has 9 heteroatoms. The molecule has 22 heavy (non-hydrogen) atoms. The van der Waals surface area contributed by atoms with Gasteiger partial charge in [-0.05, 0) is 0 Å². The van der Waals surface area contributed by atoms with Crippen molar-refractivity contribution in [1.82, 2.24) is 4.57 Å². The van der Waals surface area contributed by atoms with E-state index in [1.807, 2.05) is 0 Å². The summed E-state index contributed by atoms with van der Waals surface area (Å²) in [6.07, 6.45) is -1.02. The van der Waals surface area contributed by atoms with Crippen LogP contribution in [0.4, 0.5) is 22.0 Å². The molecule has 0 radical (unpaired) electrons.